The van der Waals surface area contributed by atoms with Crippen LogP contribution in [0.3, 0.4) is 0 Å². The molecular weight excluding hydrogens is 382 g/mol. The molecule has 2 atom stereocenters. The lowest BCUT2D eigenvalue weighted by atomic mass is 9.62. The van der Waals surface area contributed by atoms with Crippen LogP contribution in [0.1, 0.15) is 88.0 Å². The zero-order chi connectivity index (χ0) is 23.7. The van der Waals surface area contributed by atoms with Gasteiger partial charge in [-0.3, -0.25) is 9.80 Å². The van der Waals surface area contributed by atoms with E-state index < -0.39 is 0 Å². The SMILES string of the molecule is CC(CCC(C)(C)N1CCN(C(C)(C)C)[C@@H](C#N)C1)N1CCC(C#N)(C(C)(C)C)CC1. The number of piperidine rings is 1. The first kappa shape index (κ1) is 26.1. The largest absolute Gasteiger partial charge is 0.301 e. The van der Waals surface area contributed by atoms with Crippen molar-refractivity contribution in [3.63, 3.8) is 0 Å². The molecule has 0 bridgehead atoms. The number of hydrogen-bond donors (Lipinski definition) is 0. The van der Waals surface area contributed by atoms with E-state index in [0.29, 0.717) is 6.04 Å². The van der Waals surface area contributed by atoms with E-state index >= 15 is 0 Å². The molecule has 31 heavy (non-hydrogen) atoms. The van der Waals surface area contributed by atoms with Crippen LogP contribution in [0.25, 0.3) is 0 Å². The summed E-state index contributed by atoms with van der Waals surface area (Å²) < 4.78 is 0. The molecule has 2 saturated heterocycles. The molecule has 0 radical (unpaired) electrons. The second-order valence-corrected chi connectivity index (χ2v) is 12.6. The minimum Gasteiger partial charge on any atom is -0.301 e. The summed E-state index contributed by atoms with van der Waals surface area (Å²) in [6.45, 7) is 25.2. The van der Waals surface area contributed by atoms with Gasteiger partial charge in [-0.1, -0.05) is 20.8 Å². The summed E-state index contributed by atoms with van der Waals surface area (Å²) in [4.78, 5) is 7.48. The van der Waals surface area contributed by atoms with Crippen LogP contribution < -0.4 is 0 Å². The molecule has 0 amide bonds. The van der Waals surface area contributed by atoms with E-state index in [0.717, 1.165) is 58.4 Å². The Kier molecular flexibility index (Phi) is 7.90. The number of nitriles is 2. The summed E-state index contributed by atoms with van der Waals surface area (Å²) in [5.74, 6) is 0. The van der Waals surface area contributed by atoms with Crippen molar-refractivity contribution in [1.29, 1.82) is 10.5 Å². The highest BCUT2D eigenvalue weighted by Gasteiger charge is 2.45. The number of piperazine rings is 1. The van der Waals surface area contributed by atoms with Crippen LogP contribution >= 0.6 is 0 Å². The summed E-state index contributed by atoms with van der Waals surface area (Å²) in [6, 6.07) is 5.72. The van der Waals surface area contributed by atoms with Crippen molar-refractivity contribution in [1.82, 2.24) is 14.7 Å². The highest BCUT2D eigenvalue weighted by atomic mass is 15.3. The van der Waals surface area contributed by atoms with Crippen LogP contribution in [0.5, 0.6) is 0 Å². The summed E-state index contributed by atoms with van der Waals surface area (Å²) in [7, 11) is 0. The molecule has 5 nitrogen and oxygen atoms in total. The molecule has 0 aromatic heterocycles. The lowest BCUT2D eigenvalue weighted by Crippen LogP contribution is -2.62. The maximum atomic E-state index is 9.87. The van der Waals surface area contributed by atoms with Crippen LogP contribution in [0.4, 0.5) is 0 Å². The number of nitrogens with zero attached hydrogens (tertiary/aromatic N) is 5. The second-order valence-electron chi connectivity index (χ2n) is 12.6. The molecule has 2 heterocycles. The van der Waals surface area contributed by atoms with Crippen molar-refractivity contribution in [2.75, 3.05) is 32.7 Å². The molecule has 0 N–H and O–H groups in total. The van der Waals surface area contributed by atoms with Gasteiger partial charge in [-0.15, -0.1) is 0 Å². The second kappa shape index (κ2) is 9.38. The van der Waals surface area contributed by atoms with Crippen molar-refractivity contribution in [3.8, 4) is 12.1 Å². The Morgan fingerprint density at radius 1 is 0.935 bits per heavy atom. The Hall–Kier alpha value is -1.14. The Bertz CT molecular complexity index is 677. The Morgan fingerprint density at radius 3 is 1.97 bits per heavy atom. The highest BCUT2D eigenvalue weighted by Crippen LogP contribution is 2.46. The van der Waals surface area contributed by atoms with E-state index in [1.54, 1.807) is 0 Å². The predicted octanol–water partition coefficient (Wildman–Crippen LogP) is 4.89. The average Bonchev–Trinajstić information content (AvgIpc) is 2.70. The average molecular weight is 430 g/mol. The van der Waals surface area contributed by atoms with Crippen molar-refractivity contribution in [3.05, 3.63) is 0 Å². The van der Waals surface area contributed by atoms with Gasteiger partial charge in [0.05, 0.1) is 17.6 Å². The molecular formula is C26H47N5. The van der Waals surface area contributed by atoms with Crippen molar-refractivity contribution >= 4 is 0 Å². The fraction of sp³-hybridized carbons (Fsp3) is 0.923. The molecule has 176 valence electrons. The maximum absolute atomic E-state index is 9.87. The summed E-state index contributed by atoms with van der Waals surface area (Å²) in [6.07, 6.45) is 4.22. The molecule has 0 saturated carbocycles. The van der Waals surface area contributed by atoms with Gasteiger partial charge in [0, 0.05) is 36.8 Å². The first-order chi connectivity index (χ1) is 14.2. The zero-order valence-corrected chi connectivity index (χ0v) is 21.8. The van der Waals surface area contributed by atoms with E-state index in [1.807, 2.05) is 0 Å². The molecule has 2 rings (SSSR count). The number of likely N-dealkylation sites (tertiary alicyclic amines) is 1. The highest BCUT2D eigenvalue weighted by molar-refractivity contribution is 5.09. The van der Waals surface area contributed by atoms with Crippen molar-refractivity contribution in [2.24, 2.45) is 10.8 Å². The topological polar surface area (TPSA) is 57.3 Å². The lowest BCUT2D eigenvalue weighted by Gasteiger charge is -2.50. The molecule has 0 aromatic carbocycles. The van der Waals surface area contributed by atoms with E-state index in [4.69, 9.17) is 0 Å². The van der Waals surface area contributed by atoms with Crippen LogP contribution in [0.15, 0.2) is 0 Å². The van der Waals surface area contributed by atoms with Crippen molar-refractivity contribution in [2.45, 2.75) is 111 Å². The Labute approximate surface area is 192 Å². The third kappa shape index (κ3) is 5.81. The van der Waals surface area contributed by atoms with E-state index in [2.05, 4.69) is 89.2 Å². The van der Waals surface area contributed by atoms with Gasteiger partial charge in [-0.2, -0.15) is 10.5 Å². The third-order valence-corrected chi connectivity index (χ3v) is 8.35. The molecule has 0 aliphatic carbocycles. The zero-order valence-electron chi connectivity index (χ0n) is 21.8. The first-order valence-electron chi connectivity index (χ1n) is 12.2. The maximum Gasteiger partial charge on any atom is 0.111 e. The van der Waals surface area contributed by atoms with Gasteiger partial charge < -0.3 is 4.90 Å². The van der Waals surface area contributed by atoms with E-state index in [-0.39, 0.29) is 27.9 Å². The molecule has 0 spiro atoms. The fourth-order valence-corrected chi connectivity index (χ4v) is 5.52. The first-order valence-corrected chi connectivity index (χ1v) is 12.2. The van der Waals surface area contributed by atoms with Crippen molar-refractivity contribution < 1.29 is 0 Å². The molecule has 0 aromatic rings. The van der Waals surface area contributed by atoms with Gasteiger partial charge in [0.25, 0.3) is 0 Å². The van der Waals surface area contributed by atoms with Gasteiger partial charge in [0.1, 0.15) is 6.04 Å². The van der Waals surface area contributed by atoms with E-state index in [1.165, 1.54) is 0 Å². The normalized spacial score (nSPS) is 25.6. The van der Waals surface area contributed by atoms with Crippen LogP contribution in [-0.2, 0) is 0 Å². The standard InChI is InChI=1S/C26H47N5/c1-21(29-14-12-26(20-28,13-15-29)23(2,3)4)10-11-25(8,9)30-16-17-31(24(5,6)7)22(18-27)19-30/h21-22H,10-17,19H2,1-9H3/t21?,22-/m0/s1. The fourth-order valence-electron chi connectivity index (χ4n) is 5.52. The van der Waals surface area contributed by atoms with Gasteiger partial charge in [-0.25, -0.2) is 0 Å². The molecule has 2 fully saturated rings. The molecule has 1 unspecified atom stereocenters. The monoisotopic (exact) mass is 429 g/mol. The Morgan fingerprint density at radius 2 is 1.52 bits per heavy atom. The molecule has 2 aliphatic heterocycles. The Balaban J connectivity index is 1.91. The number of rotatable bonds is 5. The molecule has 2 aliphatic rings. The van der Waals surface area contributed by atoms with Crippen LogP contribution in [0.2, 0.25) is 0 Å². The van der Waals surface area contributed by atoms with Gasteiger partial charge in [-0.05, 0) is 85.7 Å². The van der Waals surface area contributed by atoms with Crippen LogP contribution in [0, 0.1) is 33.5 Å². The van der Waals surface area contributed by atoms with E-state index in [9.17, 15) is 10.5 Å². The smallest absolute Gasteiger partial charge is 0.111 e. The predicted molar refractivity (Wildman–Crippen MR) is 129 cm³/mol. The lowest BCUT2D eigenvalue weighted by molar-refractivity contribution is -0.0153. The van der Waals surface area contributed by atoms with Gasteiger partial charge in [0.2, 0.25) is 0 Å². The van der Waals surface area contributed by atoms with Crippen LogP contribution in [-0.4, -0.2) is 70.6 Å². The minimum atomic E-state index is -0.193. The minimum absolute atomic E-state index is 0.0328. The molecule has 5 heteroatoms. The summed E-state index contributed by atoms with van der Waals surface area (Å²) in [5, 5.41) is 19.6. The summed E-state index contributed by atoms with van der Waals surface area (Å²) in [5.41, 5.74) is -0.0386. The number of hydrogen-bond acceptors (Lipinski definition) is 5. The van der Waals surface area contributed by atoms with Gasteiger partial charge in [0.15, 0.2) is 0 Å². The summed E-state index contributed by atoms with van der Waals surface area (Å²) >= 11 is 0. The third-order valence-electron chi connectivity index (χ3n) is 8.35. The quantitative estimate of drug-likeness (QED) is 0.622. The van der Waals surface area contributed by atoms with Gasteiger partial charge >= 0.3 is 0 Å².